The lowest BCUT2D eigenvalue weighted by Crippen LogP contribution is -2.40. The highest BCUT2D eigenvalue weighted by Gasteiger charge is 2.25. The highest BCUT2D eigenvalue weighted by molar-refractivity contribution is 4.80. The van der Waals surface area contributed by atoms with Gasteiger partial charge < -0.3 is 10.2 Å². The van der Waals surface area contributed by atoms with E-state index in [1.54, 1.807) is 0 Å². The summed E-state index contributed by atoms with van der Waals surface area (Å²) in [6.07, 6.45) is 8.53. The van der Waals surface area contributed by atoms with Gasteiger partial charge in [-0.1, -0.05) is 27.7 Å². The van der Waals surface area contributed by atoms with Crippen molar-refractivity contribution in [1.82, 2.24) is 10.2 Å². The van der Waals surface area contributed by atoms with Crippen molar-refractivity contribution in [3.05, 3.63) is 0 Å². The highest BCUT2D eigenvalue weighted by atomic mass is 15.1. The van der Waals surface area contributed by atoms with Gasteiger partial charge in [0.05, 0.1) is 0 Å². The van der Waals surface area contributed by atoms with Crippen molar-refractivity contribution < 1.29 is 0 Å². The quantitative estimate of drug-likeness (QED) is 0.833. The number of rotatable bonds is 4. The summed E-state index contributed by atoms with van der Waals surface area (Å²) in [5, 5.41) is 3.43. The summed E-state index contributed by atoms with van der Waals surface area (Å²) in [7, 11) is 2.11. The minimum atomic E-state index is 0.799. The van der Waals surface area contributed by atoms with Gasteiger partial charge in [-0.3, -0.25) is 0 Å². The Kier molecular flexibility index (Phi) is 8.79. The van der Waals surface area contributed by atoms with Crippen molar-refractivity contribution >= 4 is 0 Å². The van der Waals surface area contributed by atoms with E-state index in [0.29, 0.717) is 0 Å². The topological polar surface area (TPSA) is 15.3 Å². The molecule has 2 aliphatic rings. The molecular formula is C18H38N2. The molecule has 0 amide bonds. The first kappa shape index (κ1) is 18.0. The molecule has 1 aliphatic carbocycles. The van der Waals surface area contributed by atoms with E-state index in [1.807, 2.05) is 13.8 Å². The Labute approximate surface area is 127 Å². The van der Waals surface area contributed by atoms with Crippen molar-refractivity contribution in [2.24, 2.45) is 17.8 Å². The van der Waals surface area contributed by atoms with Crippen LogP contribution in [0, 0.1) is 17.8 Å². The van der Waals surface area contributed by atoms with Gasteiger partial charge >= 0.3 is 0 Å². The summed E-state index contributed by atoms with van der Waals surface area (Å²) in [6.45, 7) is 12.9. The second-order valence-corrected chi connectivity index (χ2v) is 6.89. The first-order valence-corrected chi connectivity index (χ1v) is 9.08. The van der Waals surface area contributed by atoms with Crippen LogP contribution in [0.5, 0.6) is 0 Å². The SMILES string of the molecule is CC.CNC1CCC(CN2CCC(C(C)C)CC2)CC1. The molecule has 1 heterocycles. The van der Waals surface area contributed by atoms with Gasteiger partial charge in [0.25, 0.3) is 0 Å². The zero-order chi connectivity index (χ0) is 15.0. The molecule has 2 fully saturated rings. The van der Waals surface area contributed by atoms with Crippen LogP contribution in [0.1, 0.15) is 66.2 Å². The molecule has 20 heavy (non-hydrogen) atoms. The maximum absolute atomic E-state index is 3.43. The van der Waals surface area contributed by atoms with Gasteiger partial charge in [-0.2, -0.15) is 0 Å². The second kappa shape index (κ2) is 9.78. The van der Waals surface area contributed by atoms with Crippen LogP contribution >= 0.6 is 0 Å². The van der Waals surface area contributed by atoms with Gasteiger partial charge in [0, 0.05) is 12.6 Å². The van der Waals surface area contributed by atoms with Crippen LogP contribution in [0.2, 0.25) is 0 Å². The molecule has 0 bridgehead atoms. The lowest BCUT2D eigenvalue weighted by Gasteiger charge is -2.37. The second-order valence-electron chi connectivity index (χ2n) is 6.89. The van der Waals surface area contributed by atoms with Gasteiger partial charge in [0.2, 0.25) is 0 Å². The van der Waals surface area contributed by atoms with E-state index >= 15 is 0 Å². The Hall–Kier alpha value is -0.0800. The first-order valence-electron chi connectivity index (χ1n) is 9.08. The third-order valence-electron chi connectivity index (χ3n) is 5.35. The van der Waals surface area contributed by atoms with E-state index in [-0.39, 0.29) is 0 Å². The third kappa shape index (κ3) is 5.73. The summed E-state index contributed by atoms with van der Waals surface area (Å²) in [5.74, 6) is 2.85. The highest BCUT2D eigenvalue weighted by Crippen LogP contribution is 2.28. The predicted molar refractivity (Wildman–Crippen MR) is 90.2 cm³/mol. The Bertz CT molecular complexity index is 224. The fourth-order valence-electron chi connectivity index (χ4n) is 3.80. The van der Waals surface area contributed by atoms with Gasteiger partial charge in [-0.15, -0.1) is 0 Å². The van der Waals surface area contributed by atoms with Crippen molar-refractivity contribution in [2.45, 2.75) is 72.3 Å². The van der Waals surface area contributed by atoms with Crippen LogP contribution in [-0.2, 0) is 0 Å². The monoisotopic (exact) mass is 282 g/mol. The molecule has 0 spiro atoms. The maximum Gasteiger partial charge on any atom is 0.00642 e. The molecule has 120 valence electrons. The third-order valence-corrected chi connectivity index (χ3v) is 5.35. The van der Waals surface area contributed by atoms with Crippen LogP contribution in [0.15, 0.2) is 0 Å². The Morgan fingerprint density at radius 1 is 0.950 bits per heavy atom. The fraction of sp³-hybridized carbons (Fsp3) is 1.00. The van der Waals surface area contributed by atoms with E-state index in [9.17, 15) is 0 Å². The summed E-state index contributed by atoms with van der Waals surface area (Å²) in [6, 6.07) is 0.799. The molecule has 0 aromatic carbocycles. The zero-order valence-electron chi connectivity index (χ0n) is 14.6. The van der Waals surface area contributed by atoms with E-state index in [4.69, 9.17) is 0 Å². The van der Waals surface area contributed by atoms with E-state index in [0.717, 1.165) is 23.8 Å². The number of nitrogens with one attached hydrogen (secondary N) is 1. The molecule has 1 N–H and O–H groups in total. The molecule has 0 atom stereocenters. The van der Waals surface area contributed by atoms with Crippen molar-refractivity contribution in [3.8, 4) is 0 Å². The maximum atomic E-state index is 3.43. The van der Waals surface area contributed by atoms with Gasteiger partial charge in [-0.05, 0) is 76.4 Å². The van der Waals surface area contributed by atoms with E-state index in [1.165, 1.54) is 58.2 Å². The van der Waals surface area contributed by atoms with Gasteiger partial charge in [-0.25, -0.2) is 0 Å². The fourth-order valence-corrected chi connectivity index (χ4v) is 3.80. The molecule has 0 aromatic rings. The minimum absolute atomic E-state index is 0.799. The summed E-state index contributed by atoms with van der Waals surface area (Å²) in [5.41, 5.74) is 0. The number of likely N-dealkylation sites (tertiary alicyclic amines) is 1. The van der Waals surface area contributed by atoms with Crippen LogP contribution in [0.25, 0.3) is 0 Å². The normalized spacial score (nSPS) is 29.1. The molecule has 2 nitrogen and oxygen atoms in total. The van der Waals surface area contributed by atoms with Crippen molar-refractivity contribution in [1.29, 1.82) is 0 Å². The van der Waals surface area contributed by atoms with Crippen LogP contribution in [0.3, 0.4) is 0 Å². The average molecular weight is 283 g/mol. The summed E-state index contributed by atoms with van der Waals surface area (Å²) < 4.78 is 0. The Morgan fingerprint density at radius 2 is 1.50 bits per heavy atom. The lowest BCUT2D eigenvalue weighted by atomic mass is 9.83. The molecule has 0 unspecified atom stereocenters. The standard InChI is InChI=1S/C16H32N2.C2H6/c1-13(2)15-8-10-18(11-9-15)12-14-4-6-16(17-3)7-5-14;1-2/h13-17H,4-12H2,1-3H3;1-2H3. The molecular weight excluding hydrogens is 244 g/mol. The first-order chi connectivity index (χ1) is 9.69. The summed E-state index contributed by atoms with van der Waals surface area (Å²) in [4.78, 5) is 2.74. The van der Waals surface area contributed by atoms with Crippen molar-refractivity contribution in [3.63, 3.8) is 0 Å². The van der Waals surface area contributed by atoms with Gasteiger partial charge in [0.15, 0.2) is 0 Å². The van der Waals surface area contributed by atoms with E-state index in [2.05, 4.69) is 31.1 Å². The number of piperidine rings is 1. The predicted octanol–water partition coefficient (Wildman–Crippen LogP) is 4.16. The van der Waals surface area contributed by atoms with Crippen LogP contribution in [0.4, 0.5) is 0 Å². The number of hydrogen-bond donors (Lipinski definition) is 1. The van der Waals surface area contributed by atoms with Crippen LogP contribution < -0.4 is 5.32 Å². The Balaban J connectivity index is 0.000000956. The smallest absolute Gasteiger partial charge is 0.00642 e. The molecule has 1 aliphatic heterocycles. The molecule has 1 saturated carbocycles. The van der Waals surface area contributed by atoms with E-state index < -0.39 is 0 Å². The molecule has 2 heteroatoms. The molecule has 0 radical (unpaired) electrons. The molecule has 2 rings (SSSR count). The number of hydrogen-bond acceptors (Lipinski definition) is 2. The Morgan fingerprint density at radius 3 is 1.95 bits per heavy atom. The molecule has 1 saturated heterocycles. The van der Waals surface area contributed by atoms with Crippen molar-refractivity contribution in [2.75, 3.05) is 26.7 Å². The summed E-state index contributed by atoms with van der Waals surface area (Å²) >= 11 is 0. The minimum Gasteiger partial charge on any atom is -0.317 e. The number of nitrogens with zero attached hydrogens (tertiary/aromatic N) is 1. The van der Waals surface area contributed by atoms with Crippen LogP contribution in [-0.4, -0.2) is 37.6 Å². The average Bonchev–Trinajstić information content (AvgIpc) is 2.50. The van der Waals surface area contributed by atoms with Gasteiger partial charge in [0.1, 0.15) is 0 Å². The largest absolute Gasteiger partial charge is 0.317 e. The zero-order valence-corrected chi connectivity index (χ0v) is 14.6. The molecule has 0 aromatic heterocycles. The lowest BCUT2D eigenvalue weighted by molar-refractivity contribution is 0.125.